The van der Waals surface area contributed by atoms with Crippen molar-refractivity contribution in [2.75, 3.05) is 14.2 Å². The number of carbonyl (C=O) groups is 1. The van der Waals surface area contributed by atoms with Crippen LogP contribution in [0.3, 0.4) is 0 Å². The fourth-order valence-electron chi connectivity index (χ4n) is 2.84. The maximum absolute atomic E-state index is 12.7. The predicted octanol–water partition coefficient (Wildman–Crippen LogP) is 5.26. The Hall–Kier alpha value is -2.11. The van der Waals surface area contributed by atoms with E-state index in [0.717, 1.165) is 0 Å². The van der Waals surface area contributed by atoms with Crippen LogP contribution in [0.4, 0.5) is 0 Å². The zero-order valence-electron chi connectivity index (χ0n) is 14.4. The molecular formula is C18H16Cl2O5. The van der Waals surface area contributed by atoms with Gasteiger partial charge in [0.25, 0.3) is 0 Å². The molecule has 132 valence electrons. The molecule has 1 heterocycles. The van der Waals surface area contributed by atoms with E-state index in [1.165, 1.54) is 14.2 Å². The zero-order valence-corrected chi connectivity index (χ0v) is 15.9. The summed E-state index contributed by atoms with van der Waals surface area (Å²) in [4.78, 5) is 12.7. The molecule has 2 aromatic carbocycles. The van der Waals surface area contributed by atoms with Gasteiger partial charge in [-0.15, -0.1) is 0 Å². The van der Waals surface area contributed by atoms with E-state index in [4.69, 9.17) is 42.1 Å². The first-order valence-corrected chi connectivity index (χ1v) is 8.21. The molecule has 1 aliphatic rings. The summed E-state index contributed by atoms with van der Waals surface area (Å²) in [7, 11) is 3.00. The Balaban J connectivity index is 2.32. The standard InChI is InChI=1S/C18H16Cl2O5/c1-7-12-10(6-11(22-4)13(7)19)24-16-8(2)14(20)15(23-5)9(3)17(16)25-18(12)21/h6H,1-5H3. The van der Waals surface area contributed by atoms with Crippen LogP contribution in [0.2, 0.25) is 10.0 Å². The van der Waals surface area contributed by atoms with Crippen molar-refractivity contribution >= 4 is 29.2 Å². The molecule has 0 saturated heterocycles. The summed E-state index contributed by atoms with van der Waals surface area (Å²) in [6.07, 6.45) is 0. The molecule has 0 bridgehead atoms. The molecule has 0 saturated carbocycles. The first kappa shape index (κ1) is 17.7. The SMILES string of the molecule is COc1cc2c(c(C)c1Cl)C(=O)Oc1c(C)c(OC)c(Cl)c(C)c1O2. The molecule has 0 aromatic heterocycles. The van der Waals surface area contributed by atoms with Crippen molar-refractivity contribution in [3.05, 3.63) is 38.4 Å². The second-order valence-electron chi connectivity index (χ2n) is 5.64. The third-order valence-corrected chi connectivity index (χ3v) is 5.15. The van der Waals surface area contributed by atoms with Crippen LogP contribution < -0.4 is 18.9 Å². The molecule has 0 unspecified atom stereocenters. The van der Waals surface area contributed by atoms with Crippen LogP contribution in [-0.2, 0) is 0 Å². The number of methoxy groups -OCH3 is 2. The van der Waals surface area contributed by atoms with Gasteiger partial charge in [0.1, 0.15) is 22.8 Å². The van der Waals surface area contributed by atoms with Crippen LogP contribution in [0.25, 0.3) is 0 Å². The molecule has 0 fully saturated rings. The summed E-state index contributed by atoms with van der Waals surface area (Å²) in [6, 6.07) is 1.56. The summed E-state index contributed by atoms with van der Waals surface area (Å²) >= 11 is 12.6. The molecule has 3 rings (SSSR count). The lowest BCUT2D eigenvalue weighted by Crippen LogP contribution is -2.10. The number of ether oxygens (including phenoxy) is 4. The summed E-state index contributed by atoms with van der Waals surface area (Å²) in [5.41, 5.74) is 1.94. The maximum atomic E-state index is 12.7. The molecule has 7 heteroatoms. The minimum Gasteiger partial charge on any atom is -0.495 e. The third kappa shape index (κ3) is 2.58. The monoisotopic (exact) mass is 382 g/mol. The van der Waals surface area contributed by atoms with E-state index >= 15 is 0 Å². The Morgan fingerprint density at radius 3 is 2.12 bits per heavy atom. The number of carbonyl (C=O) groups excluding carboxylic acids is 1. The lowest BCUT2D eigenvalue weighted by molar-refractivity contribution is 0.0735. The van der Waals surface area contributed by atoms with Crippen LogP contribution in [0.15, 0.2) is 6.07 Å². The third-order valence-electron chi connectivity index (χ3n) is 4.22. The van der Waals surface area contributed by atoms with Crippen LogP contribution in [0.1, 0.15) is 27.0 Å². The lowest BCUT2D eigenvalue weighted by Gasteiger charge is -2.17. The highest BCUT2D eigenvalue weighted by atomic mass is 35.5. The Labute approximate surface area is 155 Å². The molecule has 0 spiro atoms. The van der Waals surface area contributed by atoms with Gasteiger partial charge in [0.2, 0.25) is 0 Å². The lowest BCUT2D eigenvalue weighted by atomic mass is 10.1. The van der Waals surface area contributed by atoms with Gasteiger partial charge in [-0.25, -0.2) is 4.79 Å². The van der Waals surface area contributed by atoms with Gasteiger partial charge < -0.3 is 18.9 Å². The van der Waals surface area contributed by atoms with E-state index < -0.39 is 5.97 Å². The van der Waals surface area contributed by atoms with Gasteiger partial charge in [0.05, 0.1) is 24.3 Å². The van der Waals surface area contributed by atoms with Crippen molar-refractivity contribution in [2.24, 2.45) is 0 Å². The summed E-state index contributed by atoms with van der Waals surface area (Å²) in [5.74, 6) is 1.21. The van der Waals surface area contributed by atoms with Crippen LogP contribution in [0.5, 0.6) is 28.7 Å². The van der Waals surface area contributed by atoms with Gasteiger partial charge in [0, 0.05) is 17.2 Å². The highest BCUT2D eigenvalue weighted by Gasteiger charge is 2.32. The Morgan fingerprint density at radius 1 is 0.880 bits per heavy atom. The van der Waals surface area contributed by atoms with Gasteiger partial charge >= 0.3 is 5.97 Å². The van der Waals surface area contributed by atoms with E-state index in [2.05, 4.69) is 0 Å². The molecule has 0 atom stereocenters. The number of benzene rings is 2. The van der Waals surface area contributed by atoms with Crippen molar-refractivity contribution in [1.29, 1.82) is 0 Å². The Bertz CT molecular complexity index is 906. The number of halogens is 2. The van der Waals surface area contributed by atoms with Gasteiger partial charge in [0.15, 0.2) is 11.5 Å². The highest BCUT2D eigenvalue weighted by Crippen LogP contribution is 2.51. The average molecular weight is 383 g/mol. The van der Waals surface area contributed by atoms with E-state index in [0.29, 0.717) is 49.7 Å². The molecule has 0 aliphatic carbocycles. The fourth-order valence-corrected chi connectivity index (χ4v) is 3.37. The molecular weight excluding hydrogens is 367 g/mol. The van der Waals surface area contributed by atoms with Crippen molar-refractivity contribution < 1.29 is 23.7 Å². The zero-order chi connectivity index (χ0) is 18.5. The molecule has 0 radical (unpaired) electrons. The maximum Gasteiger partial charge on any atom is 0.347 e. The molecule has 25 heavy (non-hydrogen) atoms. The molecule has 0 amide bonds. The molecule has 2 aromatic rings. The van der Waals surface area contributed by atoms with Gasteiger partial charge in [-0.05, 0) is 26.3 Å². The second kappa shape index (κ2) is 6.32. The minimum absolute atomic E-state index is 0.246. The fraction of sp³-hybridized carbons (Fsp3) is 0.278. The van der Waals surface area contributed by atoms with Crippen molar-refractivity contribution in [1.82, 2.24) is 0 Å². The normalized spacial score (nSPS) is 12.5. The summed E-state index contributed by atoms with van der Waals surface area (Å²) < 4.78 is 22.2. The highest BCUT2D eigenvalue weighted by molar-refractivity contribution is 6.34. The molecule has 5 nitrogen and oxygen atoms in total. The van der Waals surface area contributed by atoms with Gasteiger partial charge in [-0.2, -0.15) is 0 Å². The second-order valence-corrected chi connectivity index (χ2v) is 6.39. The Kier molecular flexibility index (Phi) is 4.47. The quantitative estimate of drug-likeness (QED) is 0.523. The van der Waals surface area contributed by atoms with Crippen molar-refractivity contribution in [3.8, 4) is 28.7 Å². The largest absolute Gasteiger partial charge is 0.495 e. The van der Waals surface area contributed by atoms with Crippen molar-refractivity contribution in [2.45, 2.75) is 20.8 Å². The van der Waals surface area contributed by atoms with E-state index in [-0.39, 0.29) is 11.3 Å². The van der Waals surface area contributed by atoms with Crippen LogP contribution in [-0.4, -0.2) is 20.2 Å². The number of esters is 1. The van der Waals surface area contributed by atoms with E-state index in [9.17, 15) is 4.79 Å². The molecule has 1 aliphatic heterocycles. The first-order valence-electron chi connectivity index (χ1n) is 7.45. The van der Waals surface area contributed by atoms with E-state index in [1.54, 1.807) is 26.8 Å². The first-order chi connectivity index (χ1) is 11.8. The van der Waals surface area contributed by atoms with Gasteiger partial charge in [-0.1, -0.05) is 23.2 Å². The van der Waals surface area contributed by atoms with Crippen molar-refractivity contribution in [3.63, 3.8) is 0 Å². The van der Waals surface area contributed by atoms with Crippen LogP contribution >= 0.6 is 23.2 Å². The smallest absolute Gasteiger partial charge is 0.347 e. The predicted molar refractivity (Wildman–Crippen MR) is 95.3 cm³/mol. The Morgan fingerprint density at radius 2 is 1.52 bits per heavy atom. The number of hydrogen-bond donors (Lipinski definition) is 0. The number of hydrogen-bond acceptors (Lipinski definition) is 5. The molecule has 0 N–H and O–H groups in total. The topological polar surface area (TPSA) is 54.0 Å². The minimum atomic E-state index is -0.567. The number of rotatable bonds is 2. The van der Waals surface area contributed by atoms with Gasteiger partial charge in [-0.3, -0.25) is 0 Å². The average Bonchev–Trinajstić information content (AvgIpc) is 2.73. The van der Waals surface area contributed by atoms with E-state index in [1.807, 2.05) is 0 Å². The van der Waals surface area contributed by atoms with Crippen LogP contribution in [0, 0.1) is 20.8 Å². The summed E-state index contributed by atoms with van der Waals surface area (Å²) in [5, 5.41) is 0.729. The number of fused-ring (bicyclic) bond motifs is 2. The summed E-state index contributed by atoms with van der Waals surface area (Å²) in [6.45, 7) is 5.22.